The molecule has 1 aliphatic heterocycles. The van der Waals surface area contributed by atoms with Crippen LogP contribution in [0, 0.1) is 11.3 Å². The summed E-state index contributed by atoms with van der Waals surface area (Å²) in [5.74, 6) is -3.26. The average Bonchev–Trinajstić information content (AvgIpc) is 3.05. The van der Waals surface area contributed by atoms with Gasteiger partial charge >= 0.3 is 29.6 Å². The highest BCUT2D eigenvalue weighted by atomic mass is 31.2. The van der Waals surface area contributed by atoms with Gasteiger partial charge in [-0.25, -0.2) is 0 Å². The molecule has 3 aromatic rings. The van der Waals surface area contributed by atoms with Crippen molar-refractivity contribution in [1.82, 2.24) is 0 Å². The van der Waals surface area contributed by atoms with Crippen LogP contribution in [-0.2, 0) is 42.9 Å². The number of ether oxygens (including phenoxy) is 5. The topological polar surface area (TPSA) is 175 Å². The Kier molecular flexibility index (Phi) is 11.4. The molecule has 0 unspecified atom stereocenters. The molecule has 1 heterocycles. The quantitative estimate of drug-likeness (QED) is 0.103. The van der Waals surface area contributed by atoms with Crippen molar-refractivity contribution < 1.29 is 42.9 Å². The zero-order valence-electron chi connectivity index (χ0n) is 26.1. The van der Waals surface area contributed by atoms with E-state index in [2.05, 4.69) is 10.3 Å². The molecule has 47 heavy (non-hydrogen) atoms. The van der Waals surface area contributed by atoms with Crippen LogP contribution in [0.3, 0.4) is 0 Å². The van der Waals surface area contributed by atoms with Crippen LogP contribution in [0.1, 0.15) is 27.7 Å². The first kappa shape index (κ1) is 34.7. The summed E-state index contributed by atoms with van der Waals surface area (Å²) in [6.07, 6.45) is -6.29. The number of benzene rings is 3. The van der Waals surface area contributed by atoms with Crippen LogP contribution in [0.25, 0.3) is 0 Å². The maximum absolute atomic E-state index is 12.4. The Morgan fingerprint density at radius 2 is 1.17 bits per heavy atom. The van der Waals surface area contributed by atoms with Gasteiger partial charge in [-0.15, -0.1) is 9.97 Å². The fourth-order valence-electron chi connectivity index (χ4n) is 5.15. The van der Waals surface area contributed by atoms with E-state index in [9.17, 15) is 24.4 Å². The summed E-state index contributed by atoms with van der Waals surface area (Å²) in [6.45, 7) is 3.85. The lowest BCUT2D eigenvalue weighted by Crippen LogP contribution is -2.67. The largest absolute Gasteiger partial charge is 0.463 e. The summed E-state index contributed by atoms with van der Waals surface area (Å²) in [5.41, 5.74) is -2.50. The molecule has 0 aliphatic carbocycles. The zero-order chi connectivity index (χ0) is 34.0. The summed E-state index contributed by atoms with van der Waals surface area (Å²) in [6, 6.07) is 30.3. The van der Waals surface area contributed by atoms with Crippen molar-refractivity contribution in [3.8, 4) is 6.07 Å². The van der Waals surface area contributed by atoms with Crippen molar-refractivity contribution in [1.29, 1.82) is 5.26 Å². The fourth-order valence-corrected chi connectivity index (χ4v) is 8.33. The van der Waals surface area contributed by atoms with E-state index in [1.165, 1.54) is 0 Å². The number of carbonyl (C=O) groups is 4. The maximum Gasteiger partial charge on any atom is 0.310 e. The van der Waals surface area contributed by atoms with E-state index < -0.39 is 67.7 Å². The first-order valence-electron chi connectivity index (χ1n) is 14.5. The summed E-state index contributed by atoms with van der Waals surface area (Å²) in [7, 11) is -2.95. The third-order valence-corrected chi connectivity index (χ3v) is 10.5. The lowest BCUT2D eigenvalue weighted by atomic mass is 9.91. The highest BCUT2D eigenvalue weighted by Gasteiger charge is 2.61. The zero-order valence-corrected chi connectivity index (χ0v) is 27.0. The first-order chi connectivity index (χ1) is 22.5. The molecule has 0 N–H and O–H groups in total. The molecule has 0 saturated carbocycles. The summed E-state index contributed by atoms with van der Waals surface area (Å²) < 4.78 is 27.6. The van der Waals surface area contributed by atoms with Crippen molar-refractivity contribution >= 4 is 46.8 Å². The van der Waals surface area contributed by atoms with Crippen LogP contribution in [0.4, 0.5) is 0 Å². The van der Waals surface area contributed by atoms with E-state index in [0.717, 1.165) is 43.6 Å². The molecule has 3 aromatic carbocycles. The standard InChI is InChI=1S/C33H33N4O9P/c1-22(38)42-20-29-30(43-23(2)39)31(44-24(3)40)32(45-25(4)41)33(21-34,46-29)35-36-37-47(26-14-8-5-9-15-26,27-16-10-6-11-17-27)28-18-12-7-13-19-28/h5-19,29-32H,20H2,1-4H3/b36-35-/t29-,30+,31+,32-,33-/m1/s1. The summed E-state index contributed by atoms with van der Waals surface area (Å²) in [4.78, 5) is 53.4. The predicted molar refractivity (Wildman–Crippen MR) is 169 cm³/mol. The molecule has 0 spiro atoms. The molecule has 1 fully saturated rings. The number of nitrogens with zero attached hydrogens (tertiary/aromatic N) is 4. The van der Waals surface area contributed by atoms with Crippen LogP contribution in [0.5, 0.6) is 0 Å². The Hall–Kier alpha value is -5.18. The Balaban J connectivity index is 1.98. The maximum atomic E-state index is 12.4. The number of rotatable bonds is 10. The van der Waals surface area contributed by atoms with E-state index in [1.54, 1.807) is 0 Å². The molecular weight excluding hydrogens is 627 g/mol. The van der Waals surface area contributed by atoms with Crippen LogP contribution in [-0.4, -0.2) is 60.6 Å². The first-order valence-corrected chi connectivity index (χ1v) is 16.2. The van der Waals surface area contributed by atoms with E-state index in [-0.39, 0.29) is 0 Å². The van der Waals surface area contributed by atoms with Crippen LogP contribution in [0.15, 0.2) is 106 Å². The molecule has 5 atom stereocenters. The van der Waals surface area contributed by atoms with Crippen molar-refractivity contribution in [3.05, 3.63) is 91.0 Å². The number of nitriles is 1. The SMILES string of the molecule is CC(=O)OC[C@H]1O[C@@](C#N)(/N=N\N=P(c2ccccc2)(c2ccccc2)c2ccccc2)[C@H](OC(C)=O)[C@@H](OC(C)=O)[C@H]1OC(C)=O. The van der Waals surface area contributed by atoms with Crippen molar-refractivity contribution in [2.24, 2.45) is 15.2 Å². The molecule has 0 aromatic heterocycles. The van der Waals surface area contributed by atoms with Gasteiger partial charge in [0.15, 0.2) is 12.2 Å². The second-order valence-electron chi connectivity index (χ2n) is 10.4. The van der Waals surface area contributed by atoms with Crippen LogP contribution in [0.2, 0.25) is 0 Å². The van der Waals surface area contributed by atoms with Crippen molar-refractivity contribution in [2.75, 3.05) is 6.61 Å². The lowest BCUT2D eigenvalue weighted by molar-refractivity contribution is -0.270. The van der Waals surface area contributed by atoms with Gasteiger partial charge in [0, 0.05) is 43.6 Å². The van der Waals surface area contributed by atoms with Crippen LogP contribution < -0.4 is 15.9 Å². The molecule has 0 bridgehead atoms. The Labute approximate surface area is 271 Å². The summed E-state index contributed by atoms with van der Waals surface area (Å²) in [5, 5.41) is 21.5. The van der Waals surface area contributed by atoms with E-state index in [1.807, 2.05) is 97.1 Å². The lowest BCUT2D eigenvalue weighted by Gasteiger charge is -2.45. The van der Waals surface area contributed by atoms with E-state index >= 15 is 0 Å². The Morgan fingerprint density at radius 1 is 0.723 bits per heavy atom. The van der Waals surface area contributed by atoms with Crippen LogP contribution >= 0.6 is 7.05 Å². The monoisotopic (exact) mass is 660 g/mol. The Bertz CT molecular complexity index is 1610. The predicted octanol–water partition coefficient (Wildman–Crippen LogP) is 3.51. The minimum Gasteiger partial charge on any atom is -0.463 e. The van der Waals surface area contributed by atoms with Crippen molar-refractivity contribution in [2.45, 2.75) is 57.8 Å². The smallest absolute Gasteiger partial charge is 0.310 e. The van der Waals surface area contributed by atoms with Gasteiger partial charge in [-0.05, 0) is 5.22 Å². The molecule has 1 aliphatic rings. The van der Waals surface area contributed by atoms with Gasteiger partial charge in [0.1, 0.15) is 18.8 Å². The van der Waals surface area contributed by atoms with Gasteiger partial charge in [0.2, 0.25) is 6.10 Å². The fraction of sp³-hybridized carbons (Fsp3) is 0.303. The van der Waals surface area contributed by atoms with Gasteiger partial charge in [-0.2, -0.15) is 5.26 Å². The molecule has 244 valence electrons. The van der Waals surface area contributed by atoms with Crippen molar-refractivity contribution in [3.63, 3.8) is 0 Å². The molecule has 13 nitrogen and oxygen atoms in total. The number of esters is 4. The van der Waals surface area contributed by atoms with E-state index in [0.29, 0.717) is 0 Å². The molecule has 4 rings (SSSR count). The molecule has 0 radical (unpaired) electrons. The molecular formula is C33H33N4O9P. The minimum absolute atomic E-state index is 0.539. The third-order valence-electron chi connectivity index (χ3n) is 6.97. The van der Waals surface area contributed by atoms with Gasteiger partial charge in [-0.1, -0.05) is 91.0 Å². The van der Waals surface area contributed by atoms with Gasteiger partial charge in [-0.3, -0.25) is 19.2 Å². The Morgan fingerprint density at radius 3 is 1.57 bits per heavy atom. The molecule has 14 heteroatoms. The average molecular weight is 661 g/mol. The highest BCUT2D eigenvalue weighted by Crippen LogP contribution is 2.47. The normalized spacial score (nSPS) is 22.4. The second kappa shape index (κ2) is 15.4. The number of hydrogen-bond acceptors (Lipinski definition) is 11. The van der Waals surface area contributed by atoms with Gasteiger partial charge in [0.25, 0.3) is 0 Å². The molecule has 1 saturated heterocycles. The third kappa shape index (κ3) is 7.98. The number of carbonyl (C=O) groups excluding carboxylic acids is 4. The van der Waals surface area contributed by atoms with E-state index in [4.69, 9.17) is 28.5 Å². The number of hydrogen-bond donors (Lipinski definition) is 0. The summed E-state index contributed by atoms with van der Waals surface area (Å²) >= 11 is 0. The second-order valence-corrected chi connectivity index (χ2v) is 13.4. The highest BCUT2D eigenvalue weighted by molar-refractivity contribution is 7.87. The minimum atomic E-state index is -2.95. The van der Waals surface area contributed by atoms with Gasteiger partial charge in [0.05, 0.1) is 7.05 Å². The molecule has 0 amide bonds. The van der Waals surface area contributed by atoms with Gasteiger partial charge < -0.3 is 23.7 Å².